The Morgan fingerprint density at radius 3 is 2.57 bits per heavy atom. The molecule has 0 aliphatic rings. The van der Waals surface area contributed by atoms with Gasteiger partial charge in [0.25, 0.3) is 0 Å². The Labute approximate surface area is 86.6 Å². The number of hydrogen-bond donors (Lipinski definition) is 1. The summed E-state index contributed by atoms with van der Waals surface area (Å²) in [4.78, 5) is 0. The summed E-state index contributed by atoms with van der Waals surface area (Å²) < 4.78 is 17.6. The van der Waals surface area contributed by atoms with Gasteiger partial charge in [0.2, 0.25) is 0 Å². The molecular weight excluding hydrogens is 207 g/mol. The quantitative estimate of drug-likeness (QED) is 0.837. The maximum atomic E-state index is 12.5. The van der Waals surface area contributed by atoms with Crippen LogP contribution in [0.2, 0.25) is 0 Å². The lowest BCUT2D eigenvalue weighted by atomic mass is 10.3. The maximum Gasteiger partial charge on any atom is 0.123 e. The Balaban J connectivity index is 2.46. The normalized spacial score (nSPS) is 12.2. The molecule has 0 saturated carbocycles. The van der Waals surface area contributed by atoms with E-state index in [-0.39, 0.29) is 17.5 Å². The van der Waals surface area contributed by atoms with Crippen molar-refractivity contribution in [1.29, 1.82) is 0 Å². The average molecular weight is 217 g/mol. The van der Waals surface area contributed by atoms with Gasteiger partial charge in [-0.25, -0.2) is 4.39 Å². The molecule has 4 heteroatoms. The first kappa shape index (κ1) is 11.0. The molecule has 0 fully saturated rings. The molecule has 2 nitrogen and oxygen atoms in total. The fraction of sp³-hybridized carbons (Fsp3) is 0.200. The van der Waals surface area contributed by atoms with Crippen molar-refractivity contribution in [2.75, 3.05) is 6.61 Å². The molecule has 0 amide bonds. The van der Waals surface area contributed by atoms with E-state index in [9.17, 15) is 9.50 Å². The van der Waals surface area contributed by atoms with E-state index in [2.05, 4.69) is 6.58 Å². The standard InChI is InChI=1S/C10H10ClFO2/c1-7(11)10(13)6-14-9-4-2-8(12)3-5-9/h2-5,10,13H,1,6H2. The van der Waals surface area contributed by atoms with E-state index >= 15 is 0 Å². The summed E-state index contributed by atoms with van der Waals surface area (Å²) in [6.07, 6.45) is -0.915. The van der Waals surface area contributed by atoms with Crippen LogP contribution in [0.4, 0.5) is 4.39 Å². The first-order valence-corrected chi connectivity index (χ1v) is 4.38. The third-order valence-corrected chi connectivity index (χ3v) is 1.83. The van der Waals surface area contributed by atoms with Crippen LogP contribution in [0.3, 0.4) is 0 Å². The second kappa shape index (κ2) is 4.98. The lowest BCUT2D eigenvalue weighted by molar-refractivity contribution is 0.141. The highest BCUT2D eigenvalue weighted by Crippen LogP contribution is 2.13. The van der Waals surface area contributed by atoms with E-state index in [0.29, 0.717) is 5.75 Å². The highest BCUT2D eigenvalue weighted by atomic mass is 35.5. The molecule has 0 aliphatic carbocycles. The average Bonchev–Trinajstić information content (AvgIpc) is 2.16. The fourth-order valence-corrected chi connectivity index (χ4v) is 0.859. The molecule has 0 heterocycles. The van der Waals surface area contributed by atoms with Crippen molar-refractivity contribution in [3.05, 3.63) is 41.7 Å². The molecule has 1 atom stereocenters. The second-order valence-electron chi connectivity index (χ2n) is 2.73. The molecule has 1 aromatic carbocycles. The molecule has 0 aromatic heterocycles. The Morgan fingerprint density at radius 2 is 2.07 bits per heavy atom. The molecule has 14 heavy (non-hydrogen) atoms. The molecule has 76 valence electrons. The number of aliphatic hydroxyl groups excluding tert-OH is 1. The molecule has 1 aromatic rings. The largest absolute Gasteiger partial charge is 0.490 e. The van der Waals surface area contributed by atoms with Crippen molar-refractivity contribution in [3.63, 3.8) is 0 Å². The van der Waals surface area contributed by atoms with Crippen molar-refractivity contribution in [2.24, 2.45) is 0 Å². The van der Waals surface area contributed by atoms with Crippen LogP contribution >= 0.6 is 11.6 Å². The minimum absolute atomic E-state index is 0.00790. The molecule has 0 aliphatic heterocycles. The monoisotopic (exact) mass is 216 g/mol. The highest BCUT2D eigenvalue weighted by molar-refractivity contribution is 6.29. The molecule has 0 spiro atoms. The number of rotatable bonds is 4. The van der Waals surface area contributed by atoms with Crippen LogP contribution in [0.1, 0.15) is 0 Å². The number of aliphatic hydroxyl groups is 1. The van der Waals surface area contributed by atoms with E-state index in [4.69, 9.17) is 16.3 Å². The van der Waals surface area contributed by atoms with Gasteiger partial charge >= 0.3 is 0 Å². The van der Waals surface area contributed by atoms with E-state index in [1.165, 1.54) is 24.3 Å². The zero-order valence-corrected chi connectivity index (χ0v) is 8.17. The smallest absolute Gasteiger partial charge is 0.123 e. The maximum absolute atomic E-state index is 12.5. The van der Waals surface area contributed by atoms with Crippen molar-refractivity contribution >= 4 is 11.6 Å². The van der Waals surface area contributed by atoms with Gasteiger partial charge in [0.1, 0.15) is 24.3 Å². The van der Waals surface area contributed by atoms with Gasteiger partial charge < -0.3 is 9.84 Å². The van der Waals surface area contributed by atoms with Crippen molar-refractivity contribution < 1.29 is 14.2 Å². The SMILES string of the molecule is C=C(Cl)C(O)COc1ccc(F)cc1. The van der Waals surface area contributed by atoms with Gasteiger partial charge in [0.15, 0.2) is 0 Å². The van der Waals surface area contributed by atoms with Gasteiger partial charge in [0, 0.05) is 5.03 Å². The van der Waals surface area contributed by atoms with Crippen molar-refractivity contribution in [1.82, 2.24) is 0 Å². The van der Waals surface area contributed by atoms with Crippen LogP contribution in [0.5, 0.6) is 5.75 Å². The van der Waals surface area contributed by atoms with Gasteiger partial charge in [-0.05, 0) is 24.3 Å². The molecule has 0 saturated heterocycles. The van der Waals surface area contributed by atoms with Crippen LogP contribution in [0.25, 0.3) is 0 Å². The van der Waals surface area contributed by atoms with Crippen molar-refractivity contribution in [2.45, 2.75) is 6.10 Å². The minimum atomic E-state index is -0.915. The summed E-state index contributed by atoms with van der Waals surface area (Å²) in [6, 6.07) is 5.49. The summed E-state index contributed by atoms with van der Waals surface area (Å²) in [5.41, 5.74) is 0. The number of benzene rings is 1. The summed E-state index contributed by atoms with van der Waals surface area (Å²) in [5.74, 6) is 0.142. The predicted molar refractivity (Wildman–Crippen MR) is 52.9 cm³/mol. The third-order valence-electron chi connectivity index (χ3n) is 1.58. The lowest BCUT2D eigenvalue weighted by Crippen LogP contribution is -2.17. The summed E-state index contributed by atoms with van der Waals surface area (Å²) in [5, 5.41) is 9.33. The predicted octanol–water partition coefficient (Wildman–Crippen LogP) is 2.32. The third kappa shape index (κ3) is 3.36. The van der Waals surface area contributed by atoms with Gasteiger partial charge in [-0.3, -0.25) is 0 Å². The van der Waals surface area contributed by atoms with Gasteiger partial charge in [0.05, 0.1) is 0 Å². The van der Waals surface area contributed by atoms with Crippen LogP contribution in [-0.4, -0.2) is 17.8 Å². The number of hydrogen-bond acceptors (Lipinski definition) is 2. The Bertz CT molecular complexity index is 310. The van der Waals surface area contributed by atoms with Crippen molar-refractivity contribution in [3.8, 4) is 5.75 Å². The van der Waals surface area contributed by atoms with Crippen LogP contribution in [0.15, 0.2) is 35.9 Å². The van der Waals surface area contributed by atoms with Gasteiger partial charge in [-0.15, -0.1) is 0 Å². The van der Waals surface area contributed by atoms with Gasteiger partial charge in [-0.1, -0.05) is 18.2 Å². The van der Waals surface area contributed by atoms with Crippen LogP contribution in [-0.2, 0) is 0 Å². The topological polar surface area (TPSA) is 29.5 Å². The summed E-state index contributed by atoms with van der Waals surface area (Å²) >= 11 is 5.44. The fourth-order valence-electron chi connectivity index (χ4n) is 0.796. The molecular formula is C10H10ClFO2. The minimum Gasteiger partial charge on any atom is -0.490 e. The Hall–Kier alpha value is -1.06. The zero-order valence-electron chi connectivity index (χ0n) is 7.41. The zero-order chi connectivity index (χ0) is 10.6. The van der Waals surface area contributed by atoms with Crippen LogP contribution in [0, 0.1) is 5.82 Å². The Morgan fingerprint density at radius 1 is 1.50 bits per heavy atom. The molecule has 1 N–H and O–H groups in total. The van der Waals surface area contributed by atoms with E-state index in [1.54, 1.807) is 0 Å². The second-order valence-corrected chi connectivity index (χ2v) is 3.21. The highest BCUT2D eigenvalue weighted by Gasteiger charge is 2.06. The van der Waals surface area contributed by atoms with E-state index in [1.807, 2.05) is 0 Å². The lowest BCUT2D eigenvalue weighted by Gasteiger charge is -2.10. The molecule has 0 bridgehead atoms. The molecule has 1 rings (SSSR count). The molecule has 1 unspecified atom stereocenters. The number of halogens is 2. The van der Waals surface area contributed by atoms with Crippen LogP contribution < -0.4 is 4.74 Å². The van der Waals surface area contributed by atoms with E-state index < -0.39 is 6.10 Å². The molecule has 0 radical (unpaired) electrons. The van der Waals surface area contributed by atoms with Gasteiger partial charge in [-0.2, -0.15) is 0 Å². The Kier molecular flexibility index (Phi) is 3.92. The summed E-state index contributed by atoms with van der Waals surface area (Å²) in [7, 11) is 0. The first-order valence-electron chi connectivity index (χ1n) is 4.00. The first-order chi connectivity index (χ1) is 6.59. The summed E-state index contributed by atoms with van der Waals surface area (Å²) in [6.45, 7) is 3.36. The number of ether oxygens (including phenoxy) is 1. The van der Waals surface area contributed by atoms with E-state index in [0.717, 1.165) is 0 Å².